The molecule has 1 aromatic carbocycles. The molecular formula is C19H26F3IN4OS. The zero-order valence-electron chi connectivity index (χ0n) is 16.4. The summed E-state index contributed by atoms with van der Waals surface area (Å²) in [6, 6.07) is 7.26. The molecule has 5 nitrogen and oxygen atoms in total. The van der Waals surface area contributed by atoms with Crippen LogP contribution in [0.2, 0.25) is 0 Å². The lowest BCUT2D eigenvalue weighted by Gasteiger charge is -2.12. The van der Waals surface area contributed by atoms with Crippen LogP contribution in [0.5, 0.6) is 0 Å². The maximum Gasteiger partial charge on any atom is 0.411 e. The van der Waals surface area contributed by atoms with Gasteiger partial charge in [0.05, 0.1) is 11.6 Å². The maximum absolute atomic E-state index is 12.2. The Hall–Kier alpha value is -1.40. The van der Waals surface area contributed by atoms with Gasteiger partial charge in [-0.1, -0.05) is 31.2 Å². The largest absolute Gasteiger partial charge is 0.411 e. The minimum atomic E-state index is -4.31. The van der Waals surface area contributed by atoms with Crippen molar-refractivity contribution in [2.24, 2.45) is 4.99 Å². The lowest BCUT2D eigenvalue weighted by molar-refractivity contribution is -0.176. The summed E-state index contributed by atoms with van der Waals surface area (Å²) >= 11 is 1.72. The highest BCUT2D eigenvalue weighted by Gasteiger charge is 2.27. The van der Waals surface area contributed by atoms with Gasteiger partial charge in [-0.3, -0.25) is 4.99 Å². The average molecular weight is 542 g/mol. The lowest BCUT2D eigenvalue weighted by atomic mass is 10.1. The Kier molecular flexibility index (Phi) is 11.5. The maximum atomic E-state index is 12.2. The summed E-state index contributed by atoms with van der Waals surface area (Å²) in [6.07, 6.45) is -0.585. The van der Waals surface area contributed by atoms with Crippen molar-refractivity contribution in [3.63, 3.8) is 0 Å². The highest BCUT2D eigenvalue weighted by atomic mass is 127. The number of guanidine groups is 1. The van der Waals surface area contributed by atoms with Gasteiger partial charge in [-0.2, -0.15) is 13.2 Å². The summed E-state index contributed by atoms with van der Waals surface area (Å²) in [5.41, 5.74) is 1.63. The fourth-order valence-electron chi connectivity index (χ4n) is 2.44. The van der Waals surface area contributed by atoms with Crippen molar-refractivity contribution >= 4 is 41.3 Å². The van der Waals surface area contributed by atoms with E-state index < -0.39 is 12.8 Å². The molecule has 29 heavy (non-hydrogen) atoms. The van der Waals surface area contributed by atoms with E-state index in [0.29, 0.717) is 24.6 Å². The molecule has 0 saturated heterocycles. The minimum Gasteiger partial charge on any atom is -0.367 e. The summed E-state index contributed by atoms with van der Waals surface area (Å²) in [7, 11) is 1.69. The average Bonchev–Trinajstić information content (AvgIpc) is 3.12. The Morgan fingerprint density at radius 1 is 1.24 bits per heavy atom. The number of alkyl halides is 3. The van der Waals surface area contributed by atoms with Crippen molar-refractivity contribution in [3.05, 3.63) is 51.5 Å². The van der Waals surface area contributed by atoms with E-state index >= 15 is 0 Å². The van der Waals surface area contributed by atoms with Gasteiger partial charge in [0, 0.05) is 37.6 Å². The van der Waals surface area contributed by atoms with Gasteiger partial charge >= 0.3 is 6.18 Å². The highest BCUT2D eigenvalue weighted by molar-refractivity contribution is 14.0. The van der Waals surface area contributed by atoms with Crippen LogP contribution in [-0.4, -0.2) is 37.3 Å². The fraction of sp³-hybridized carbons (Fsp3) is 0.474. The van der Waals surface area contributed by atoms with Gasteiger partial charge in [-0.15, -0.1) is 35.3 Å². The van der Waals surface area contributed by atoms with Crippen LogP contribution >= 0.6 is 35.3 Å². The SMILES string of the molecule is CCc1cnc(CCNC(=NC)NCc2cccc(COCC(F)(F)F)c2)s1.I. The van der Waals surface area contributed by atoms with Gasteiger partial charge in [0.15, 0.2) is 5.96 Å². The molecule has 0 aliphatic carbocycles. The zero-order chi connectivity index (χ0) is 20.4. The zero-order valence-corrected chi connectivity index (χ0v) is 19.5. The van der Waals surface area contributed by atoms with E-state index in [-0.39, 0.29) is 30.6 Å². The molecule has 2 aromatic rings. The number of thiazole rings is 1. The first kappa shape index (κ1) is 25.6. The molecule has 0 bridgehead atoms. The molecule has 0 unspecified atom stereocenters. The number of rotatable bonds is 9. The Labute approximate surface area is 190 Å². The molecule has 0 fully saturated rings. The molecule has 2 rings (SSSR count). The van der Waals surface area contributed by atoms with Crippen LogP contribution in [0.25, 0.3) is 0 Å². The lowest BCUT2D eigenvalue weighted by Crippen LogP contribution is -2.37. The predicted molar refractivity (Wildman–Crippen MR) is 121 cm³/mol. The molecule has 0 spiro atoms. The van der Waals surface area contributed by atoms with Crippen molar-refractivity contribution < 1.29 is 17.9 Å². The normalized spacial score (nSPS) is 11.8. The summed E-state index contributed by atoms with van der Waals surface area (Å²) in [4.78, 5) is 9.85. The number of nitrogens with zero attached hydrogens (tertiary/aromatic N) is 2. The van der Waals surface area contributed by atoms with Crippen LogP contribution in [0.4, 0.5) is 13.2 Å². The van der Waals surface area contributed by atoms with Crippen LogP contribution in [-0.2, 0) is 30.7 Å². The van der Waals surface area contributed by atoms with E-state index in [1.165, 1.54) is 4.88 Å². The second-order valence-corrected chi connectivity index (χ2v) is 7.30. The van der Waals surface area contributed by atoms with E-state index in [1.807, 2.05) is 18.3 Å². The first-order valence-electron chi connectivity index (χ1n) is 9.00. The van der Waals surface area contributed by atoms with E-state index in [2.05, 4.69) is 27.5 Å². The van der Waals surface area contributed by atoms with Crippen LogP contribution in [0.3, 0.4) is 0 Å². The van der Waals surface area contributed by atoms with Crippen LogP contribution < -0.4 is 10.6 Å². The number of ether oxygens (including phenoxy) is 1. The molecule has 1 aromatic heterocycles. The van der Waals surface area contributed by atoms with Crippen molar-refractivity contribution in [2.45, 2.75) is 39.1 Å². The van der Waals surface area contributed by atoms with Crippen molar-refractivity contribution in [3.8, 4) is 0 Å². The van der Waals surface area contributed by atoms with Gasteiger partial charge in [0.1, 0.15) is 6.61 Å². The smallest absolute Gasteiger partial charge is 0.367 e. The third kappa shape index (κ3) is 10.3. The fourth-order valence-corrected chi connectivity index (χ4v) is 3.30. The number of aliphatic imine (C=N–C) groups is 1. The number of hydrogen-bond acceptors (Lipinski definition) is 4. The van der Waals surface area contributed by atoms with Crippen LogP contribution in [0.1, 0.15) is 27.9 Å². The Morgan fingerprint density at radius 3 is 2.66 bits per heavy atom. The number of nitrogens with one attached hydrogen (secondary N) is 2. The molecule has 10 heteroatoms. The number of hydrogen-bond donors (Lipinski definition) is 2. The van der Waals surface area contributed by atoms with Gasteiger partial charge in [0.25, 0.3) is 0 Å². The summed E-state index contributed by atoms with van der Waals surface area (Å²) in [5.74, 6) is 0.658. The molecule has 0 aliphatic rings. The number of benzene rings is 1. The quantitative estimate of drug-likeness (QED) is 0.282. The Balaban J connectivity index is 0.00000420. The van der Waals surface area contributed by atoms with Crippen LogP contribution in [0.15, 0.2) is 35.5 Å². The second kappa shape index (κ2) is 13.0. The Morgan fingerprint density at radius 2 is 2.00 bits per heavy atom. The molecule has 0 radical (unpaired) electrons. The summed E-state index contributed by atoms with van der Waals surface area (Å²) < 4.78 is 41.2. The summed E-state index contributed by atoms with van der Waals surface area (Å²) in [6.45, 7) is 2.00. The molecule has 0 amide bonds. The van der Waals surface area contributed by atoms with Gasteiger partial charge in [-0.05, 0) is 17.5 Å². The topological polar surface area (TPSA) is 58.5 Å². The molecule has 2 N–H and O–H groups in total. The van der Waals surface area contributed by atoms with Crippen molar-refractivity contribution in [2.75, 3.05) is 20.2 Å². The van der Waals surface area contributed by atoms with Gasteiger partial charge in [0.2, 0.25) is 0 Å². The molecule has 0 atom stereocenters. The first-order valence-corrected chi connectivity index (χ1v) is 9.81. The van der Waals surface area contributed by atoms with E-state index in [0.717, 1.165) is 23.4 Å². The van der Waals surface area contributed by atoms with E-state index in [9.17, 15) is 13.2 Å². The third-order valence-electron chi connectivity index (χ3n) is 3.79. The number of halogens is 4. The molecule has 0 aliphatic heterocycles. The monoisotopic (exact) mass is 542 g/mol. The molecular weight excluding hydrogens is 516 g/mol. The summed E-state index contributed by atoms with van der Waals surface area (Å²) in [5, 5.41) is 7.52. The van der Waals surface area contributed by atoms with Crippen molar-refractivity contribution in [1.82, 2.24) is 15.6 Å². The molecule has 162 valence electrons. The Bertz CT molecular complexity index is 768. The highest BCUT2D eigenvalue weighted by Crippen LogP contribution is 2.16. The van der Waals surface area contributed by atoms with Gasteiger partial charge < -0.3 is 15.4 Å². The predicted octanol–water partition coefficient (Wildman–Crippen LogP) is 4.31. The standard InChI is InChI=1S/C19H25F3N4OS.HI/c1-3-16-11-25-17(28-16)7-8-24-18(23-2)26-10-14-5-4-6-15(9-14)12-27-13-19(20,21)22;/h4-6,9,11H,3,7-8,10,12-13H2,1-2H3,(H2,23,24,26);1H. The number of aryl methyl sites for hydroxylation is 1. The second-order valence-electron chi connectivity index (χ2n) is 6.10. The van der Waals surface area contributed by atoms with Crippen molar-refractivity contribution in [1.29, 1.82) is 0 Å². The van der Waals surface area contributed by atoms with Crippen LogP contribution in [0, 0.1) is 0 Å². The molecule has 0 saturated carbocycles. The third-order valence-corrected chi connectivity index (χ3v) is 4.99. The first-order chi connectivity index (χ1) is 13.4. The minimum absolute atomic E-state index is 0. The van der Waals surface area contributed by atoms with E-state index in [1.54, 1.807) is 30.5 Å². The van der Waals surface area contributed by atoms with E-state index in [4.69, 9.17) is 4.74 Å². The number of aromatic nitrogens is 1. The molecule has 1 heterocycles. The van der Waals surface area contributed by atoms with Gasteiger partial charge in [-0.25, -0.2) is 4.98 Å².